The third-order valence-corrected chi connectivity index (χ3v) is 5.04. The van der Waals surface area contributed by atoms with Crippen LogP contribution in [0.25, 0.3) is 16.5 Å². The van der Waals surface area contributed by atoms with Gasteiger partial charge in [-0.3, -0.25) is 4.79 Å². The lowest BCUT2D eigenvalue weighted by Gasteiger charge is -2.09. The first kappa shape index (κ1) is 18.1. The van der Waals surface area contributed by atoms with Gasteiger partial charge in [0.05, 0.1) is 10.6 Å². The van der Waals surface area contributed by atoms with Crippen molar-refractivity contribution >= 4 is 22.9 Å². The van der Waals surface area contributed by atoms with Crippen LogP contribution in [0.4, 0.5) is 10.1 Å². The summed E-state index contributed by atoms with van der Waals surface area (Å²) in [4.78, 5) is 17.7. The van der Waals surface area contributed by atoms with Crippen LogP contribution in [-0.4, -0.2) is 20.7 Å². The first-order valence-electron chi connectivity index (χ1n) is 8.58. The number of carbonyl (C=O) groups excluding carboxylic acids is 1. The number of nitrogens with zero attached hydrogens (tertiary/aromatic N) is 3. The van der Waals surface area contributed by atoms with Gasteiger partial charge in [-0.1, -0.05) is 6.07 Å². The fourth-order valence-corrected chi connectivity index (χ4v) is 3.58. The molecule has 0 aliphatic rings. The van der Waals surface area contributed by atoms with E-state index in [1.165, 1.54) is 22.1 Å². The molecule has 4 rings (SSSR count). The smallest absolute Gasteiger partial charge is 0.277 e. The van der Waals surface area contributed by atoms with E-state index in [0.29, 0.717) is 23.0 Å². The molecule has 0 aliphatic heterocycles. The number of oxazole rings is 1. The van der Waals surface area contributed by atoms with E-state index in [2.05, 4.69) is 15.4 Å². The van der Waals surface area contributed by atoms with E-state index in [1.54, 1.807) is 19.1 Å². The average molecular weight is 396 g/mol. The van der Waals surface area contributed by atoms with Crippen LogP contribution < -0.4 is 5.32 Å². The van der Waals surface area contributed by atoms with Crippen molar-refractivity contribution in [3.05, 3.63) is 70.4 Å². The second kappa shape index (κ2) is 7.05. The number of nitrogens with one attached hydrogen (secondary N) is 1. The average Bonchev–Trinajstić information content (AvgIpc) is 3.35. The molecule has 0 unspecified atom stereocenters. The van der Waals surface area contributed by atoms with Gasteiger partial charge in [-0.15, -0.1) is 11.3 Å². The topological polar surface area (TPSA) is 73.0 Å². The molecule has 3 aromatic heterocycles. The molecule has 0 bridgehead atoms. The van der Waals surface area contributed by atoms with Crippen LogP contribution in [0.5, 0.6) is 0 Å². The first-order chi connectivity index (χ1) is 13.4. The maximum absolute atomic E-state index is 14.6. The number of hydrogen-bond donors (Lipinski definition) is 1. The Labute approximate surface area is 164 Å². The van der Waals surface area contributed by atoms with Gasteiger partial charge in [0.25, 0.3) is 5.91 Å². The highest BCUT2D eigenvalue weighted by Crippen LogP contribution is 2.26. The Morgan fingerprint density at radius 2 is 2.04 bits per heavy atom. The summed E-state index contributed by atoms with van der Waals surface area (Å²) in [5.74, 6) is -0.146. The van der Waals surface area contributed by atoms with E-state index in [0.717, 1.165) is 16.3 Å². The van der Waals surface area contributed by atoms with Gasteiger partial charge in [-0.05, 0) is 56.5 Å². The van der Waals surface area contributed by atoms with Gasteiger partial charge in [0.1, 0.15) is 11.4 Å². The van der Waals surface area contributed by atoms with E-state index in [4.69, 9.17) is 4.42 Å². The zero-order valence-corrected chi connectivity index (χ0v) is 16.3. The van der Waals surface area contributed by atoms with Crippen LogP contribution in [0.3, 0.4) is 0 Å². The molecule has 1 aromatic carbocycles. The van der Waals surface area contributed by atoms with Crippen molar-refractivity contribution in [1.29, 1.82) is 0 Å². The van der Waals surface area contributed by atoms with Crippen molar-refractivity contribution in [3.63, 3.8) is 0 Å². The van der Waals surface area contributed by atoms with E-state index in [-0.39, 0.29) is 5.69 Å². The normalized spacial score (nSPS) is 11.0. The van der Waals surface area contributed by atoms with Crippen LogP contribution in [0.2, 0.25) is 0 Å². The number of aromatic nitrogens is 3. The number of thiophene rings is 1. The second-order valence-electron chi connectivity index (χ2n) is 6.36. The summed E-state index contributed by atoms with van der Waals surface area (Å²) < 4.78 is 21.7. The molecule has 0 saturated carbocycles. The minimum atomic E-state index is -0.486. The summed E-state index contributed by atoms with van der Waals surface area (Å²) in [5, 5.41) is 8.86. The monoisotopic (exact) mass is 396 g/mol. The highest BCUT2D eigenvalue weighted by atomic mass is 32.1. The summed E-state index contributed by atoms with van der Waals surface area (Å²) in [7, 11) is 0. The minimum Gasteiger partial charge on any atom is -0.440 e. The van der Waals surface area contributed by atoms with Crippen molar-refractivity contribution in [2.24, 2.45) is 0 Å². The molecule has 0 atom stereocenters. The van der Waals surface area contributed by atoms with Crippen molar-refractivity contribution in [1.82, 2.24) is 14.8 Å². The lowest BCUT2D eigenvalue weighted by atomic mass is 10.2. The molecule has 6 nitrogen and oxygen atoms in total. The minimum absolute atomic E-state index is 0.173. The van der Waals surface area contributed by atoms with Gasteiger partial charge in [0, 0.05) is 11.4 Å². The SMILES string of the molecule is Cc1cc(C)n(-c2ccc(NC(=O)c3nc(-c4cccs4)oc3C)cc2F)n1. The predicted octanol–water partition coefficient (Wildman–Crippen LogP) is 4.91. The number of halogens is 1. The van der Waals surface area contributed by atoms with Gasteiger partial charge in [-0.2, -0.15) is 5.10 Å². The number of rotatable bonds is 4. The molecular formula is C20H17FN4O2S. The lowest BCUT2D eigenvalue weighted by molar-refractivity contribution is 0.102. The van der Waals surface area contributed by atoms with Crippen molar-refractivity contribution in [2.45, 2.75) is 20.8 Å². The number of amides is 1. The quantitative estimate of drug-likeness (QED) is 0.532. The maximum Gasteiger partial charge on any atom is 0.277 e. The van der Waals surface area contributed by atoms with Crippen LogP contribution in [0.1, 0.15) is 27.6 Å². The molecule has 142 valence electrons. The highest BCUT2D eigenvalue weighted by Gasteiger charge is 2.19. The zero-order chi connectivity index (χ0) is 19.8. The molecule has 0 radical (unpaired) electrons. The first-order valence-corrected chi connectivity index (χ1v) is 9.46. The number of aryl methyl sites for hydroxylation is 3. The van der Waals surface area contributed by atoms with E-state index >= 15 is 0 Å². The summed E-state index contributed by atoms with van der Waals surface area (Å²) in [6.07, 6.45) is 0. The predicted molar refractivity (Wildman–Crippen MR) is 106 cm³/mol. The Hall–Kier alpha value is -3.26. The Balaban J connectivity index is 1.57. The fourth-order valence-electron chi connectivity index (χ4n) is 2.93. The lowest BCUT2D eigenvalue weighted by Crippen LogP contribution is -2.14. The molecule has 0 fully saturated rings. The maximum atomic E-state index is 14.6. The molecule has 8 heteroatoms. The third-order valence-electron chi connectivity index (χ3n) is 4.19. The van der Waals surface area contributed by atoms with Gasteiger partial charge in [0.15, 0.2) is 11.5 Å². The van der Waals surface area contributed by atoms with Crippen LogP contribution in [0.15, 0.2) is 46.2 Å². The third kappa shape index (κ3) is 3.34. The summed E-state index contributed by atoms with van der Waals surface area (Å²) in [6.45, 7) is 5.37. The van der Waals surface area contributed by atoms with Crippen LogP contribution >= 0.6 is 11.3 Å². The van der Waals surface area contributed by atoms with Crippen molar-refractivity contribution < 1.29 is 13.6 Å². The van der Waals surface area contributed by atoms with E-state index in [1.807, 2.05) is 37.4 Å². The van der Waals surface area contributed by atoms with Crippen LogP contribution in [0, 0.1) is 26.6 Å². The number of carbonyl (C=O) groups is 1. The molecule has 3 heterocycles. The Kier molecular flexibility index (Phi) is 4.56. The largest absolute Gasteiger partial charge is 0.440 e. The fraction of sp³-hybridized carbons (Fsp3) is 0.150. The Bertz CT molecular complexity index is 1160. The van der Waals surface area contributed by atoms with Gasteiger partial charge >= 0.3 is 0 Å². The van der Waals surface area contributed by atoms with Crippen molar-refractivity contribution in [3.8, 4) is 16.5 Å². The highest BCUT2D eigenvalue weighted by molar-refractivity contribution is 7.13. The zero-order valence-electron chi connectivity index (χ0n) is 15.5. The Morgan fingerprint density at radius 3 is 2.68 bits per heavy atom. The Morgan fingerprint density at radius 1 is 1.21 bits per heavy atom. The molecule has 28 heavy (non-hydrogen) atoms. The molecule has 0 spiro atoms. The molecular weight excluding hydrogens is 379 g/mol. The molecule has 4 aromatic rings. The summed E-state index contributed by atoms with van der Waals surface area (Å²) in [5.41, 5.74) is 2.45. The number of anilines is 1. The van der Waals surface area contributed by atoms with Gasteiger partial charge < -0.3 is 9.73 Å². The molecule has 1 N–H and O–H groups in total. The van der Waals surface area contributed by atoms with Crippen LogP contribution in [-0.2, 0) is 0 Å². The van der Waals surface area contributed by atoms with E-state index in [9.17, 15) is 9.18 Å². The van der Waals surface area contributed by atoms with Gasteiger partial charge in [0.2, 0.25) is 5.89 Å². The van der Waals surface area contributed by atoms with Gasteiger partial charge in [-0.25, -0.2) is 14.1 Å². The molecule has 0 aliphatic carbocycles. The van der Waals surface area contributed by atoms with Crippen molar-refractivity contribution in [2.75, 3.05) is 5.32 Å². The standard InChI is InChI=1S/C20H17FN4O2S/c1-11-9-12(2)25(24-11)16-7-6-14(10-15(16)21)22-19(26)18-13(3)27-20(23-18)17-5-4-8-28-17/h4-10H,1-3H3,(H,22,26). The molecule has 0 saturated heterocycles. The molecule has 1 amide bonds. The second-order valence-corrected chi connectivity index (χ2v) is 7.31. The summed E-state index contributed by atoms with van der Waals surface area (Å²) >= 11 is 1.47. The van der Waals surface area contributed by atoms with E-state index < -0.39 is 11.7 Å². The number of benzene rings is 1. The number of hydrogen-bond acceptors (Lipinski definition) is 5. The summed E-state index contributed by atoms with van der Waals surface area (Å²) in [6, 6.07) is 10.1.